The zero-order valence-electron chi connectivity index (χ0n) is 20.0. The zero-order chi connectivity index (χ0) is 24.5. The number of hydrogen-bond donors (Lipinski definition) is 2. The first kappa shape index (κ1) is 24.5. The minimum atomic E-state index is -0.336. The maximum absolute atomic E-state index is 13.3. The van der Waals surface area contributed by atoms with Crippen LogP contribution in [0.5, 0.6) is 11.5 Å². The fourth-order valence-corrected chi connectivity index (χ4v) is 4.54. The number of carbonyl (C=O) groups excluding carboxylic acids is 2. The molecule has 4 rings (SSSR count). The molecule has 1 atom stereocenters. The molecule has 2 amide bonds. The number of rotatable bonds is 10. The maximum atomic E-state index is 13.3. The molecular formula is C29H33N3O3. The van der Waals surface area contributed by atoms with Gasteiger partial charge in [0.15, 0.2) is 0 Å². The Morgan fingerprint density at radius 3 is 2.11 bits per heavy atom. The van der Waals surface area contributed by atoms with Crippen molar-refractivity contribution >= 4 is 11.8 Å². The molecule has 35 heavy (non-hydrogen) atoms. The van der Waals surface area contributed by atoms with E-state index in [9.17, 15) is 9.59 Å². The Kier molecular flexibility index (Phi) is 8.52. The van der Waals surface area contributed by atoms with Gasteiger partial charge in [-0.1, -0.05) is 66.7 Å². The summed E-state index contributed by atoms with van der Waals surface area (Å²) in [5.41, 5.74) is 8.49. The number of primary amides is 1. The summed E-state index contributed by atoms with van der Waals surface area (Å²) >= 11 is 0. The second-order valence-corrected chi connectivity index (χ2v) is 8.92. The fourth-order valence-electron chi connectivity index (χ4n) is 4.54. The molecule has 3 aromatic carbocycles. The normalized spacial score (nSPS) is 15.5. The van der Waals surface area contributed by atoms with Gasteiger partial charge in [0.25, 0.3) is 0 Å². The van der Waals surface area contributed by atoms with E-state index >= 15 is 0 Å². The summed E-state index contributed by atoms with van der Waals surface area (Å²) < 4.78 is 6.26. The second-order valence-electron chi connectivity index (χ2n) is 8.92. The molecule has 6 nitrogen and oxygen atoms in total. The summed E-state index contributed by atoms with van der Waals surface area (Å²) in [7, 11) is 0. The molecule has 0 spiro atoms. The van der Waals surface area contributed by atoms with Gasteiger partial charge in [-0.3, -0.25) is 9.59 Å². The Balaban J connectivity index is 1.41. The van der Waals surface area contributed by atoms with Crippen LogP contribution in [0.1, 0.15) is 29.5 Å². The third-order valence-electron chi connectivity index (χ3n) is 6.40. The van der Waals surface area contributed by atoms with Crippen LogP contribution >= 0.6 is 0 Å². The van der Waals surface area contributed by atoms with Crippen molar-refractivity contribution in [3.63, 3.8) is 0 Å². The average Bonchev–Trinajstić information content (AvgIpc) is 2.88. The molecule has 0 saturated carbocycles. The lowest BCUT2D eigenvalue weighted by Gasteiger charge is -2.36. The highest BCUT2D eigenvalue weighted by Gasteiger charge is 2.26. The second kappa shape index (κ2) is 12.2. The van der Waals surface area contributed by atoms with Crippen LogP contribution in [0.3, 0.4) is 0 Å². The van der Waals surface area contributed by atoms with Gasteiger partial charge < -0.3 is 20.7 Å². The molecule has 1 fully saturated rings. The summed E-state index contributed by atoms with van der Waals surface area (Å²) in [4.78, 5) is 26.5. The molecule has 3 N–H and O–H groups in total. The van der Waals surface area contributed by atoms with Gasteiger partial charge >= 0.3 is 0 Å². The van der Waals surface area contributed by atoms with Gasteiger partial charge in [-0.25, -0.2) is 0 Å². The van der Waals surface area contributed by atoms with E-state index in [0.29, 0.717) is 25.0 Å². The van der Waals surface area contributed by atoms with Crippen molar-refractivity contribution in [2.45, 2.75) is 38.1 Å². The van der Waals surface area contributed by atoms with Crippen molar-refractivity contribution in [2.75, 3.05) is 19.6 Å². The van der Waals surface area contributed by atoms with Crippen LogP contribution in [-0.4, -0.2) is 42.4 Å². The van der Waals surface area contributed by atoms with Gasteiger partial charge in [-0.2, -0.15) is 0 Å². The lowest BCUT2D eigenvalue weighted by atomic mass is 10.0. The van der Waals surface area contributed by atoms with Gasteiger partial charge in [0.1, 0.15) is 11.5 Å². The van der Waals surface area contributed by atoms with Crippen molar-refractivity contribution in [3.8, 4) is 11.5 Å². The topological polar surface area (TPSA) is 84.7 Å². The molecule has 0 radical (unpaired) electrons. The number of amides is 2. The van der Waals surface area contributed by atoms with E-state index in [2.05, 4.69) is 17.4 Å². The van der Waals surface area contributed by atoms with Gasteiger partial charge in [0.2, 0.25) is 11.8 Å². The Labute approximate surface area is 207 Å². The third-order valence-corrected chi connectivity index (χ3v) is 6.40. The number of carbonyl (C=O) groups is 2. The molecule has 0 unspecified atom stereocenters. The summed E-state index contributed by atoms with van der Waals surface area (Å²) in [5, 5.41) is 3.43. The van der Waals surface area contributed by atoms with Crippen molar-refractivity contribution in [2.24, 2.45) is 5.73 Å². The highest BCUT2D eigenvalue weighted by atomic mass is 16.5. The number of para-hydroxylation sites is 2. The summed E-state index contributed by atoms with van der Waals surface area (Å²) in [6, 6.07) is 26.0. The van der Waals surface area contributed by atoms with Gasteiger partial charge in [0.05, 0.1) is 0 Å². The zero-order valence-corrected chi connectivity index (χ0v) is 20.0. The van der Waals surface area contributed by atoms with E-state index in [1.165, 1.54) is 5.56 Å². The van der Waals surface area contributed by atoms with E-state index in [-0.39, 0.29) is 24.3 Å². The Morgan fingerprint density at radius 1 is 0.857 bits per heavy atom. The smallest absolute Gasteiger partial charge is 0.223 e. The lowest BCUT2D eigenvalue weighted by molar-refractivity contribution is -0.134. The SMILES string of the molecule is NC(=O)CCc1ccccc1Oc1ccccc1CCC(=O)N1CCNC[C@H]1Cc1ccccc1. The standard InChI is InChI=1S/C29H33N3O3/c30-28(33)16-14-23-10-4-6-12-26(23)35-27-13-7-5-11-24(27)15-17-29(34)32-19-18-31-21-25(32)20-22-8-2-1-3-9-22/h1-13,25,31H,14-21H2,(H2,30,33)/t25-/m1/s1. The van der Waals surface area contributed by atoms with Gasteiger partial charge in [-0.05, 0) is 48.1 Å². The molecule has 0 aromatic heterocycles. The first-order valence-electron chi connectivity index (χ1n) is 12.3. The molecule has 0 bridgehead atoms. The number of hydrogen-bond acceptors (Lipinski definition) is 4. The molecule has 0 aliphatic carbocycles. The lowest BCUT2D eigenvalue weighted by Crippen LogP contribution is -2.54. The minimum absolute atomic E-state index is 0.155. The average molecular weight is 472 g/mol. The van der Waals surface area contributed by atoms with E-state index in [1.807, 2.05) is 71.6 Å². The summed E-state index contributed by atoms with van der Waals surface area (Å²) in [6.07, 6.45) is 2.67. The van der Waals surface area contributed by atoms with Crippen molar-refractivity contribution < 1.29 is 14.3 Å². The summed E-state index contributed by atoms with van der Waals surface area (Å²) in [5.74, 6) is 1.27. The Hall–Kier alpha value is -3.64. The van der Waals surface area contributed by atoms with Crippen LogP contribution in [0.25, 0.3) is 0 Å². The van der Waals surface area contributed by atoms with E-state index in [0.717, 1.165) is 42.9 Å². The van der Waals surface area contributed by atoms with Gasteiger partial charge in [0, 0.05) is 38.5 Å². The Bertz CT molecular complexity index is 1130. The molecule has 182 valence electrons. The van der Waals surface area contributed by atoms with E-state index in [4.69, 9.17) is 10.5 Å². The number of ether oxygens (including phenoxy) is 1. The first-order valence-corrected chi connectivity index (χ1v) is 12.3. The van der Waals surface area contributed by atoms with Crippen molar-refractivity contribution in [1.82, 2.24) is 10.2 Å². The molecule has 1 aliphatic heterocycles. The largest absolute Gasteiger partial charge is 0.457 e. The van der Waals surface area contributed by atoms with Crippen molar-refractivity contribution in [1.29, 1.82) is 0 Å². The Morgan fingerprint density at radius 2 is 1.46 bits per heavy atom. The minimum Gasteiger partial charge on any atom is -0.457 e. The number of nitrogens with one attached hydrogen (secondary N) is 1. The van der Waals surface area contributed by atoms with E-state index in [1.54, 1.807) is 0 Å². The van der Waals surface area contributed by atoms with Crippen LogP contribution in [-0.2, 0) is 28.9 Å². The molecule has 1 heterocycles. The molecule has 6 heteroatoms. The van der Waals surface area contributed by atoms with Crippen LogP contribution in [0.2, 0.25) is 0 Å². The number of nitrogens with two attached hydrogens (primary N) is 1. The molecular weight excluding hydrogens is 438 g/mol. The van der Waals surface area contributed by atoms with Gasteiger partial charge in [-0.15, -0.1) is 0 Å². The number of aryl methyl sites for hydroxylation is 2. The first-order chi connectivity index (χ1) is 17.1. The van der Waals surface area contributed by atoms with E-state index < -0.39 is 0 Å². The quantitative estimate of drug-likeness (QED) is 0.470. The maximum Gasteiger partial charge on any atom is 0.223 e. The van der Waals surface area contributed by atoms with Crippen LogP contribution in [0, 0.1) is 0 Å². The highest BCUT2D eigenvalue weighted by molar-refractivity contribution is 5.77. The molecule has 3 aromatic rings. The molecule has 1 saturated heterocycles. The number of piperazine rings is 1. The van der Waals surface area contributed by atoms with Crippen LogP contribution in [0.15, 0.2) is 78.9 Å². The number of nitrogens with zero attached hydrogens (tertiary/aromatic N) is 1. The molecule has 1 aliphatic rings. The summed E-state index contributed by atoms with van der Waals surface area (Å²) in [6.45, 7) is 2.35. The predicted molar refractivity (Wildman–Crippen MR) is 137 cm³/mol. The van der Waals surface area contributed by atoms with Crippen LogP contribution in [0.4, 0.5) is 0 Å². The number of benzene rings is 3. The predicted octanol–water partition coefficient (Wildman–Crippen LogP) is 3.87. The van der Waals surface area contributed by atoms with Crippen molar-refractivity contribution in [3.05, 3.63) is 95.6 Å². The monoisotopic (exact) mass is 471 g/mol. The fraction of sp³-hybridized carbons (Fsp3) is 0.310. The highest BCUT2D eigenvalue weighted by Crippen LogP contribution is 2.29. The van der Waals surface area contributed by atoms with Crippen LogP contribution < -0.4 is 15.8 Å². The third kappa shape index (κ3) is 6.93.